The first-order valence-corrected chi connectivity index (χ1v) is 7.99. The SMILES string of the molecule is CC(C)(C)OC(=O)N(C(=O)OC(C)(C)C)c1ccc(/C=N/N)nc1C(=O)O. The van der Waals surface area contributed by atoms with Crippen LogP contribution in [0.15, 0.2) is 17.2 Å². The molecule has 0 bridgehead atoms. The maximum absolute atomic E-state index is 12.6. The molecule has 27 heavy (non-hydrogen) atoms. The predicted octanol–water partition coefficient (Wildman–Crippen LogP) is 2.75. The molecule has 0 spiro atoms. The summed E-state index contributed by atoms with van der Waals surface area (Å²) in [4.78, 5) is 41.2. The number of amides is 2. The predicted molar refractivity (Wildman–Crippen MR) is 97.9 cm³/mol. The van der Waals surface area contributed by atoms with Gasteiger partial charge in [0.05, 0.1) is 17.6 Å². The Bertz CT molecular complexity index is 734. The smallest absolute Gasteiger partial charge is 0.424 e. The van der Waals surface area contributed by atoms with E-state index in [1.54, 1.807) is 41.5 Å². The first kappa shape index (κ1) is 21.9. The van der Waals surface area contributed by atoms with E-state index in [0.29, 0.717) is 4.90 Å². The van der Waals surface area contributed by atoms with Gasteiger partial charge >= 0.3 is 18.2 Å². The van der Waals surface area contributed by atoms with E-state index in [-0.39, 0.29) is 11.4 Å². The van der Waals surface area contributed by atoms with Crippen molar-refractivity contribution in [2.75, 3.05) is 4.90 Å². The van der Waals surface area contributed by atoms with Gasteiger partial charge in [-0.05, 0) is 53.7 Å². The van der Waals surface area contributed by atoms with Crippen LogP contribution in [0.5, 0.6) is 0 Å². The van der Waals surface area contributed by atoms with Crippen LogP contribution in [0.4, 0.5) is 15.3 Å². The highest BCUT2D eigenvalue weighted by molar-refractivity contribution is 6.12. The molecule has 1 aromatic rings. The molecule has 10 heteroatoms. The van der Waals surface area contributed by atoms with Crippen molar-refractivity contribution in [3.05, 3.63) is 23.5 Å². The number of nitrogens with two attached hydrogens (primary N) is 1. The van der Waals surface area contributed by atoms with Crippen molar-refractivity contribution in [2.24, 2.45) is 10.9 Å². The number of anilines is 1. The third-order valence-electron chi connectivity index (χ3n) is 2.70. The number of aromatic nitrogens is 1. The standard InChI is InChI=1S/C17H24N4O6/c1-16(2,3)26-14(24)21(15(25)27-17(4,5)6)11-8-7-10(9-19-18)20-12(11)13(22)23/h7-9H,18H2,1-6H3,(H,22,23)/b19-9+. The van der Waals surface area contributed by atoms with Crippen LogP contribution < -0.4 is 10.7 Å². The Balaban J connectivity index is 3.52. The van der Waals surface area contributed by atoms with Gasteiger partial charge in [0.15, 0.2) is 5.69 Å². The fourth-order valence-electron chi connectivity index (χ4n) is 1.84. The Labute approximate surface area is 157 Å². The molecule has 0 radical (unpaired) electrons. The van der Waals surface area contributed by atoms with Crippen molar-refractivity contribution in [1.29, 1.82) is 0 Å². The molecule has 3 N–H and O–H groups in total. The minimum atomic E-state index is -1.46. The molecule has 2 amide bonds. The summed E-state index contributed by atoms with van der Waals surface area (Å²) in [7, 11) is 0. The number of hydrogen-bond donors (Lipinski definition) is 2. The highest BCUT2D eigenvalue weighted by Gasteiger charge is 2.35. The van der Waals surface area contributed by atoms with Crippen LogP contribution in [0.1, 0.15) is 57.7 Å². The third-order valence-corrected chi connectivity index (χ3v) is 2.70. The summed E-state index contributed by atoms with van der Waals surface area (Å²) in [5, 5.41) is 12.7. The summed E-state index contributed by atoms with van der Waals surface area (Å²) >= 11 is 0. The van der Waals surface area contributed by atoms with Crippen molar-refractivity contribution in [3.63, 3.8) is 0 Å². The van der Waals surface area contributed by atoms with Crippen LogP contribution in [0.25, 0.3) is 0 Å². The van der Waals surface area contributed by atoms with Gasteiger partial charge in [0.2, 0.25) is 0 Å². The minimum absolute atomic E-state index is 0.131. The van der Waals surface area contributed by atoms with E-state index in [0.717, 1.165) is 6.21 Å². The highest BCUT2D eigenvalue weighted by atomic mass is 16.6. The van der Waals surface area contributed by atoms with Crippen molar-refractivity contribution in [1.82, 2.24) is 4.98 Å². The number of ether oxygens (including phenoxy) is 2. The van der Waals surface area contributed by atoms with Crippen LogP contribution in [-0.2, 0) is 9.47 Å². The molecule has 1 heterocycles. The second-order valence-electron chi connectivity index (χ2n) is 7.48. The molecule has 0 aliphatic heterocycles. The lowest BCUT2D eigenvalue weighted by Gasteiger charge is -2.29. The summed E-state index contributed by atoms with van der Waals surface area (Å²) in [6.45, 7) is 9.64. The zero-order chi connectivity index (χ0) is 21.0. The van der Waals surface area contributed by atoms with Crippen LogP contribution >= 0.6 is 0 Å². The Morgan fingerprint density at radius 3 is 1.93 bits per heavy atom. The number of rotatable bonds is 3. The van der Waals surface area contributed by atoms with Crippen molar-refractivity contribution in [3.8, 4) is 0 Å². The van der Waals surface area contributed by atoms with Gasteiger partial charge < -0.3 is 20.4 Å². The van der Waals surface area contributed by atoms with Crippen molar-refractivity contribution < 1.29 is 29.0 Å². The molecule has 10 nitrogen and oxygen atoms in total. The molecular weight excluding hydrogens is 356 g/mol. The molecule has 0 aromatic carbocycles. The number of carboxylic acid groups (broad SMARTS) is 1. The molecule has 0 atom stereocenters. The van der Waals surface area contributed by atoms with E-state index in [9.17, 15) is 19.5 Å². The lowest BCUT2D eigenvalue weighted by Crippen LogP contribution is -2.44. The molecule has 0 aliphatic carbocycles. The Kier molecular flexibility index (Phi) is 6.50. The molecule has 0 saturated heterocycles. The fraction of sp³-hybridized carbons (Fsp3) is 0.471. The maximum atomic E-state index is 12.6. The topological polar surface area (TPSA) is 144 Å². The monoisotopic (exact) mass is 380 g/mol. The molecule has 148 valence electrons. The number of aromatic carboxylic acids is 1. The van der Waals surface area contributed by atoms with E-state index in [4.69, 9.17) is 15.3 Å². The quantitative estimate of drug-likeness (QED) is 0.462. The average molecular weight is 380 g/mol. The highest BCUT2D eigenvalue weighted by Crippen LogP contribution is 2.25. The van der Waals surface area contributed by atoms with E-state index in [1.807, 2.05) is 0 Å². The number of nitrogens with zero attached hydrogens (tertiary/aromatic N) is 3. The van der Waals surface area contributed by atoms with Gasteiger partial charge in [-0.15, -0.1) is 0 Å². The van der Waals surface area contributed by atoms with E-state index >= 15 is 0 Å². The molecule has 0 saturated carbocycles. The van der Waals surface area contributed by atoms with Gasteiger partial charge in [0.1, 0.15) is 11.2 Å². The molecule has 0 unspecified atom stereocenters. The van der Waals surface area contributed by atoms with Crippen molar-refractivity contribution in [2.45, 2.75) is 52.7 Å². The van der Waals surface area contributed by atoms with Gasteiger partial charge in [-0.2, -0.15) is 10.0 Å². The zero-order valence-electron chi connectivity index (χ0n) is 16.1. The number of pyridine rings is 1. The third kappa shape index (κ3) is 6.57. The normalized spacial score (nSPS) is 11.9. The van der Waals surface area contributed by atoms with E-state index in [1.165, 1.54) is 12.1 Å². The summed E-state index contributed by atoms with van der Waals surface area (Å²) < 4.78 is 10.4. The minimum Gasteiger partial charge on any atom is -0.476 e. The van der Waals surface area contributed by atoms with Crippen LogP contribution in [0.2, 0.25) is 0 Å². The van der Waals surface area contributed by atoms with Gasteiger partial charge in [0, 0.05) is 0 Å². The van der Waals surface area contributed by atoms with Gasteiger partial charge in [-0.25, -0.2) is 19.4 Å². The number of carbonyl (C=O) groups is 3. The second-order valence-corrected chi connectivity index (χ2v) is 7.48. The molecule has 0 fully saturated rings. The second kappa shape index (κ2) is 8.02. The van der Waals surface area contributed by atoms with Crippen LogP contribution in [0, 0.1) is 0 Å². The summed E-state index contributed by atoms with van der Waals surface area (Å²) in [5.41, 5.74) is -2.60. The van der Waals surface area contributed by atoms with Gasteiger partial charge in [0.25, 0.3) is 0 Å². The van der Waals surface area contributed by atoms with Gasteiger partial charge in [-0.1, -0.05) is 0 Å². The largest absolute Gasteiger partial charge is 0.476 e. The molecule has 0 aliphatic rings. The van der Waals surface area contributed by atoms with Crippen LogP contribution in [-0.4, -0.2) is 45.7 Å². The lowest BCUT2D eigenvalue weighted by molar-refractivity contribution is 0.0430. The van der Waals surface area contributed by atoms with Gasteiger partial charge in [-0.3, -0.25) is 0 Å². The Hall–Kier alpha value is -3.17. The first-order chi connectivity index (χ1) is 12.2. The van der Waals surface area contributed by atoms with Crippen molar-refractivity contribution >= 4 is 30.1 Å². The summed E-state index contributed by atoms with van der Waals surface area (Å²) in [6, 6.07) is 2.57. The Morgan fingerprint density at radius 1 is 1.07 bits per heavy atom. The number of carbonyl (C=O) groups excluding carboxylic acids is 2. The molecular formula is C17H24N4O6. The average Bonchev–Trinajstić information content (AvgIpc) is 2.45. The summed E-state index contributed by atoms with van der Waals surface area (Å²) in [5.74, 6) is 3.58. The fourth-order valence-corrected chi connectivity index (χ4v) is 1.84. The zero-order valence-corrected chi connectivity index (χ0v) is 16.1. The Morgan fingerprint density at radius 2 is 1.56 bits per heavy atom. The van der Waals surface area contributed by atoms with Crippen LogP contribution in [0.3, 0.4) is 0 Å². The first-order valence-electron chi connectivity index (χ1n) is 7.99. The number of carboxylic acids is 1. The van der Waals surface area contributed by atoms with E-state index < -0.39 is 35.1 Å². The summed E-state index contributed by atoms with van der Waals surface area (Å²) in [6.07, 6.45) is -1.07. The lowest BCUT2D eigenvalue weighted by atomic mass is 10.2. The van der Waals surface area contributed by atoms with E-state index in [2.05, 4.69) is 10.1 Å². The number of imide groups is 1. The number of hydrogen-bond acceptors (Lipinski definition) is 8. The molecule has 1 rings (SSSR count). The molecule has 1 aromatic heterocycles. The maximum Gasteiger partial charge on any atom is 0.424 e. The number of hydrazone groups is 1.